The molecule has 0 saturated heterocycles. The first kappa shape index (κ1) is 12.4. The van der Waals surface area contributed by atoms with E-state index in [1.165, 1.54) is 4.90 Å². The molecule has 2 amide bonds. The van der Waals surface area contributed by atoms with E-state index in [0.717, 1.165) is 11.3 Å². The summed E-state index contributed by atoms with van der Waals surface area (Å²) in [5.74, 6) is 0. The monoisotopic (exact) mass is 237 g/mol. The molecule has 0 radical (unpaired) electrons. The van der Waals surface area contributed by atoms with Gasteiger partial charge in [-0.2, -0.15) is 0 Å². The first-order valence-electron chi connectivity index (χ1n) is 4.97. The quantitative estimate of drug-likeness (QED) is 0.783. The maximum Gasteiger partial charge on any atom is 0.321 e. The van der Waals surface area contributed by atoms with Crippen LogP contribution in [-0.2, 0) is 0 Å². The van der Waals surface area contributed by atoms with Crippen LogP contribution in [0.15, 0.2) is 24.3 Å². The fraction of sp³-hybridized carbons (Fsp3) is 0.273. The third-order valence-electron chi connectivity index (χ3n) is 2.15. The van der Waals surface area contributed by atoms with Crippen molar-refractivity contribution in [2.45, 2.75) is 6.92 Å². The molecular weight excluding hydrogens is 222 g/mol. The van der Waals surface area contributed by atoms with Gasteiger partial charge < -0.3 is 11.1 Å². The van der Waals surface area contributed by atoms with E-state index in [1.54, 1.807) is 13.1 Å². The van der Waals surface area contributed by atoms with E-state index in [0.29, 0.717) is 11.5 Å². The van der Waals surface area contributed by atoms with Gasteiger partial charge in [-0.15, -0.1) is 0 Å². The van der Waals surface area contributed by atoms with Crippen molar-refractivity contribution < 1.29 is 4.79 Å². The zero-order valence-electron chi connectivity index (χ0n) is 9.36. The number of thiocarbonyl (C=S) groups is 1. The Balaban J connectivity index is 2.91. The lowest BCUT2D eigenvalue weighted by molar-refractivity contribution is 0.248. The topological polar surface area (TPSA) is 58.4 Å². The maximum atomic E-state index is 11.6. The van der Waals surface area contributed by atoms with Gasteiger partial charge in [-0.1, -0.05) is 24.4 Å². The Morgan fingerprint density at radius 3 is 2.81 bits per heavy atom. The standard InChI is InChI=1S/C11H15N3OS/c1-3-13-11(15)14(2)9-6-4-5-8(7-9)10(12)16/h4-7H,3H2,1-2H3,(H2,12,16)(H,13,15). The fourth-order valence-electron chi connectivity index (χ4n) is 1.25. The highest BCUT2D eigenvalue weighted by molar-refractivity contribution is 7.80. The minimum Gasteiger partial charge on any atom is -0.389 e. The van der Waals surface area contributed by atoms with E-state index in [-0.39, 0.29) is 6.03 Å². The van der Waals surface area contributed by atoms with E-state index in [9.17, 15) is 4.79 Å². The molecule has 0 aliphatic heterocycles. The van der Waals surface area contributed by atoms with Gasteiger partial charge in [0.15, 0.2) is 0 Å². The summed E-state index contributed by atoms with van der Waals surface area (Å²) in [5, 5.41) is 2.72. The van der Waals surface area contributed by atoms with Crippen LogP contribution in [0.5, 0.6) is 0 Å². The molecule has 0 bridgehead atoms. The Morgan fingerprint density at radius 1 is 1.56 bits per heavy atom. The number of benzene rings is 1. The van der Waals surface area contributed by atoms with E-state index in [4.69, 9.17) is 18.0 Å². The van der Waals surface area contributed by atoms with Crippen LogP contribution in [-0.4, -0.2) is 24.6 Å². The van der Waals surface area contributed by atoms with Gasteiger partial charge in [-0.05, 0) is 19.1 Å². The van der Waals surface area contributed by atoms with Crippen LogP contribution in [0, 0.1) is 0 Å². The van der Waals surface area contributed by atoms with Crippen LogP contribution in [0.25, 0.3) is 0 Å². The smallest absolute Gasteiger partial charge is 0.321 e. The van der Waals surface area contributed by atoms with Crippen molar-refractivity contribution in [1.82, 2.24) is 5.32 Å². The normalized spacial score (nSPS) is 9.62. The Hall–Kier alpha value is -1.62. The van der Waals surface area contributed by atoms with Gasteiger partial charge in [-0.25, -0.2) is 4.79 Å². The molecule has 0 fully saturated rings. The lowest BCUT2D eigenvalue weighted by atomic mass is 10.2. The second-order valence-corrected chi connectivity index (χ2v) is 3.75. The Bertz CT molecular complexity index is 406. The van der Waals surface area contributed by atoms with E-state index >= 15 is 0 Å². The highest BCUT2D eigenvalue weighted by atomic mass is 32.1. The summed E-state index contributed by atoms with van der Waals surface area (Å²) in [4.78, 5) is 13.4. The molecule has 0 aliphatic carbocycles. The van der Waals surface area contributed by atoms with Gasteiger partial charge in [-0.3, -0.25) is 4.90 Å². The number of urea groups is 1. The zero-order valence-corrected chi connectivity index (χ0v) is 10.2. The number of nitrogens with one attached hydrogen (secondary N) is 1. The average molecular weight is 237 g/mol. The number of carbonyl (C=O) groups is 1. The molecule has 0 spiro atoms. The van der Waals surface area contributed by atoms with E-state index in [2.05, 4.69) is 5.32 Å². The van der Waals surface area contributed by atoms with Crippen LogP contribution < -0.4 is 16.0 Å². The highest BCUT2D eigenvalue weighted by Gasteiger charge is 2.09. The largest absolute Gasteiger partial charge is 0.389 e. The van der Waals surface area contributed by atoms with Crippen molar-refractivity contribution in [1.29, 1.82) is 0 Å². The molecule has 86 valence electrons. The molecule has 1 rings (SSSR count). The van der Waals surface area contributed by atoms with Crippen molar-refractivity contribution in [3.8, 4) is 0 Å². The third kappa shape index (κ3) is 2.93. The number of hydrogen-bond donors (Lipinski definition) is 2. The minimum atomic E-state index is -0.150. The Labute approximate surface area is 100 Å². The number of nitrogens with zero attached hydrogens (tertiary/aromatic N) is 1. The Kier molecular flexibility index (Phi) is 4.25. The molecule has 0 saturated carbocycles. The molecule has 0 heterocycles. The number of amides is 2. The van der Waals surface area contributed by atoms with Crippen molar-refractivity contribution >= 4 is 28.9 Å². The average Bonchev–Trinajstić information content (AvgIpc) is 2.28. The van der Waals surface area contributed by atoms with Gasteiger partial charge in [0.2, 0.25) is 0 Å². The molecule has 5 heteroatoms. The summed E-state index contributed by atoms with van der Waals surface area (Å²) in [7, 11) is 1.70. The first-order valence-corrected chi connectivity index (χ1v) is 5.38. The van der Waals surface area contributed by atoms with Crippen LogP contribution >= 0.6 is 12.2 Å². The maximum absolute atomic E-state index is 11.6. The molecule has 0 aromatic heterocycles. The molecule has 0 aliphatic rings. The molecule has 4 nitrogen and oxygen atoms in total. The predicted molar refractivity (Wildman–Crippen MR) is 69.8 cm³/mol. The van der Waals surface area contributed by atoms with E-state index in [1.807, 2.05) is 25.1 Å². The van der Waals surface area contributed by atoms with Gasteiger partial charge in [0.25, 0.3) is 0 Å². The van der Waals surface area contributed by atoms with Gasteiger partial charge >= 0.3 is 6.03 Å². The van der Waals surface area contributed by atoms with Crippen LogP contribution in [0.2, 0.25) is 0 Å². The molecular formula is C11H15N3OS. The third-order valence-corrected chi connectivity index (χ3v) is 2.39. The molecule has 3 N–H and O–H groups in total. The van der Waals surface area contributed by atoms with Gasteiger partial charge in [0.1, 0.15) is 4.99 Å². The summed E-state index contributed by atoms with van der Waals surface area (Å²) >= 11 is 4.88. The number of hydrogen-bond acceptors (Lipinski definition) is 2. The summed E-state index contributed by atoms with van der Waals surface area (Å²) in [6, 6.07) is 7.11. The second-order valence-electron chi connectivity index (χ2n) is 3.31. The molecule has 0 atom stereocenters. The zero-order chi connectivity index (χ0) is 12.1. The summed E-state index contributed by atoms with van der Waals surface area (Å²) in [5.41, 5.74) is 7.04. The van der Waals surface area contributed by atoms with Crippen molar-refractivity contribution in [2.75, 3.05) is 18.5 Å². The van der Waals surface area contributed by atoms with E-state index < -0.39 is 0 Å². The molecule has 0 unspecified atom stereocenters. The highest BCUT2D eigenvalue weighted by Crippen LogP contribution is 2.14. The van der Waals surface area contributed by atoms with Gasteiger partial charge in [0.05, 0.1) is 0 Å². The Morgan fingerprint density at radius 2 is 2.25 bits per heavy atom. The minimum absolute atomic E-state index is 0.150. The number of rotatable bonds is 3. The second kappa shape index (κ2) is 5.46. The van der Waals surface area contributed by atoms with Crippen LogP contribution in [0.4, 0.5) is 10.5 Å². The van der Waals surface area contributed by atoms with Crippen molar-refractivity contribution in [2.24, 2.45) is 5.73 Å². The summed E-state index contributed by atoms with van der Waals surface area (Å²) < 4.78 is 0. The summed E-state index contributed by atoms with van der Waals surface area (Å²) in [6.45, 7) is 2.47. The fourth-order valence-corrected chi connectivity index (χ4v) is 1.38. The first-order chi connectivity index (χ1) is 7.56. The summed E-state index contributed by atoms with van der Waals surface area (Å²) in [6.07, 6.45) is 0. The number of carbonyl (C=O) groups excluding carboxylic acids is 1. The molecule has 16 heavy (non-hydrogen) atoms. The molecule has 1 aromatic carbocycles. The number of anilines is 1. The van der Waals surface area contributed by atoms with Crippen molar-refractivity contribution in [3.63, 3.8) is 0 Å². The molecule has 1 aromatic rings. The predicted octanol–water partition coefficient (Wildman–Crippen LogP) is 1.49. The SMILES string of the molecule is CCNC(=O)N(C)c1cccc(C(N)=S)c1. The lowest BCUT2D eigenvalue weighted by Gasteiger charge is -2.18. The van der Waals surface area contributed by atoms with Crippen LogP contribution in [0.1, 0.15) is 12.5 Å². The van der Waals surface area contributed by atoms with Gasteiger partial charge in [0, 0.05) is 24.8 Å². The number of nitrogens with two attached hydrogens (primary N) is 1. The lowest BCUT2D eigenvalue weighted by Crippen LogP contribution is -2.37. The van der Waals surface area contributed by atoms with Crippen molar-refractivity contribution in [3.05, 3.63) is 29.8 Å². The van der Waals surface area contributed by atoms with Crippen LogP contribution in [0.3, 0.4) is 0 Å².